The summed E-state index contributed by atoms with van der Waals surface area (Å²) in [7, 11) is -3.82. The lowest BCUT2D eigenvalue weighted by molar-refractivity contribution is -0.115. The van der Waals surface area contributed by atoms with Gasteiger partial charge < -0.3 is 10.2 Å². The number of nitrogens with zero attached hydrogens (tertiary/aromatic N) is 1. The standard InChI is InChI=1S/C18H20ClN3O3S2/c1-12-7-8-22(16-9-13(19)5-6-17(16)26-12)11-18(23)21-14-3-2-4-15(10-14)27(20,24)25/h2-6,9-10,12H,7-8,11H2,1H3,(H,21,23)(H2,20,24,25)/t12-/m0/s1. The number of amides is 1. The first kappa shape index (κ1) is 20.0. The Labute approximate surface area is 168 Å². The summed E-state index contributed by atoms with van der Waals surface area (Å²) in [4.78, 5) is 15.6. The molecule has 0 aliphatic carbocycles. The zero-order valence-electron chi connectivity index (χ0n) is 14.7. The Kier molecular flexibility index (Phi) is 6.00. The minimum absolute atomic E-state index is 0.0441. The van der Waals surface area contributed by atoms with Gasteiger partial charge in [0.2, 0.25) is 15.9 Å². The van der Waals surface area contributed by atoms with E-state index in [1.807, 2.05) is 23.1 Å². The highest BCUT2D eigenvalue weighted by molar-refractivity contribution is 8.00. The van der Waals surface area contributed by atoms with Gasteiger partial charge in [-0.2, -0.15) is 0 Å². The topological polar surface area (TPSA) is 92.5 Å². The highest BCUT2D eigenvalue weighted by Crippen LogP contribution is 2.38. The Morgan fingerprint density at radius 1 is 1.33 bits per heavy atom. The molecule has 144 valence electrons. The van der Waals surface area contributed by atoms with Crippen LogP contribution in [-0.2, 0) is 14.8 Å². The molecule has 6 nitrogen and oxygen atoms in total. The highest BCUT2D eigenvalue weighted by Gasteiger charge is 2.22. The summed E-state index contributed by atoms with van der Waals surface area (Å²) in [6.07, 6.45) is 0.936. The summed E-state index contributed by atoms with van der Waals surface area (Å²) in [5.74, 6) is -0.243. The molecule has 0 spiro atoms. The number of halogens is 1. The normalized spacial score (nSPS) is 17.1. The molecule has 27 heavy (non-hydrogen) atoms. The molecule has 0 saturated heterocycles. The van der Waals surface area contributed by atoms with Gasteiger partial charge in [-0.15, -0.1) is 11.8 Å². The summed E-state index contributed by atoms with van der Waals surface area (Å²) in [5.41, 5.74) is 1.32. The molecule has 0 bridgehead atoms. The molecule has 1 aliphatic rings. The number of nitrogens with two attached hydrogens (primary N) is 1. The van der Waals surface area contributed by atoms with E-state index in [-0.39, 0.29) is 17.3 Å². The van der Waals surface area contributed by atoms with Crippen molar-refractivity contribution in [1.29, 1.82) is 0 Å². The lowest BCUT2D eigenvalue weighted by atomic mass is 10.2. The second-order valence-corrected chi connectivity index (χ2v) is 9.85. The zero-order valence-corrected chi connectivity index (χ0v) is 17.1. The summed E-state index contributed by atoms with van der Waals surface area (Å²) in [6.45, 7) is 3.03. The third-order valence-corrected chi connectivity index (χ3v) is 6.56. The second-order valence-electron chi connectivity index (χ2n) is 6.37. The van der Waals surface area contributed by atoms with Crippen molar-refractivity contribution in [3.63, 3.8) is 0 Å². The van der Waals surface area contributed by atoms with Crippen LogP contribution in [0.15, 0.2) is 52.3 Å². The first-order chi connectivity index (χ1) is 12.7. The predicted octanol–water partition coefficient (Wildman–Crippen LogP) is 3.32. The van der Waals surface area contributed by atoms with Gasteiger partial charge in [0, 0.05) is 27.4 Å². The molecule has 1 aliphatic heterocycles. The molecule has 1 amide bonds. The lowest BCUT2D eigenvalue weighted by Crippen LogP contribution is -2.34. The molecule has 3 N–H and O–H groups in total. The van der Waals surface area contributed by atoms with Gasteiger partial charge in [0.1, 0.15) is 0 Å². The van der Waals surface area contributed by atoms with Crippen LogP contribution >= 0.6 is 23.4 Å². The zero-order chi connectivity index (χ0) is 19.6. The van der Waals surface area contributed by atoms with Crippen molar-refractivity contribution in [3.8, 4) is 0 Å². The maximum Gasteiger partial charge on any atom is 0.243 e. The molecular weight excluding hydrogens is 406 g/mol. The van der Waals surface area contributed by atoms with E-state index in [2.05, 4.69) is 12.2 Å². The summed E-state index contributed by atoms with van der Waals surface area (Å²) in [6, 6.07) is 11.6. The molecule has 0 saturated carbocycles. The minimum Gasteiger partial charge on any atom is -0.361 e. The fourth-order valence-electron chi connectivity index (χ4n) is 2.86. The van der Waals surface area contributed by atoms with Gasteiger partial charge in [-0.3, -0.25) is 4.79 Å². The van der Waals surface area contributed by atoms with Crippen LogP contribution in [0.3, 0.4) is 0 Å². The third kappa shape index (κ3) is 5.16. The molecule has 1 atom stereocenters. The van der Waals surface area contributed by atoms with Crippen molar-refractivity contribution >= 4 is 50.7 Å². The molecule has 2 aromatic rings. The van der Waals surface area contributed by atoms with Crippen LogP contribution in [0.25, 0.3) is 0 Å². The van der Waals surface area contributed by atoms with E-state index >= 15 is 0 Å². The van der Waals surface area contributed by atoms with Gasteiger partial charge in [0.15, 0.2) is 0 Å². The number of nitrogens with one attached hydrogen (secondary N) is 1. The molecule has 0 aromatic heterocycles. The number of fused-ring (bicyclic) bond motifs is 1. The van der Waals surface area contributed by atoms with Crippen LogP contribution in [0.4, 0.5) is 11.4 Å². The Morgan fingerprint density at radius 2 is 2.11 bits per heavy atom. The summed E-state index contributed by atoms with van der Waals surface area (Å²) < 4.78 is 22.9. The van der Waals surface area contributed by atoms with Gasteiger partial charge in [-0.25, -0.2) is 13.6 Å². The molecule has 1 heterocycles. The van der Waals surface area contributed by atoms with Gasteiger partial charge in [0.25, 0.3) is 0 Å². The number of benzene rings is 2. The monoisotopic (exact) mass is 425 g/mol. The second kappa shape index (κ2) is 8.10. The molecule has 0 unspecified atom stereocenters. The van der Waals surface area contributed by atoms with Crippen LogP contribution in [0.1, 0.15) is 13.3 Å². The number of hydrogen-bond donors (Lipinski definition) is 2. The van der Waals surface area contributed by atoms with E-state index in [9.17, 15) is 13.2 Å². The SMILES string of the molecule is C[C@H]1CCN(CC(=O)Nc2cccc(S(N)(=O)=O)c2)c2cc(Cl)ccc2S1. The largest absolute Gasteiger partial charge is 0.361 e. The van der Waals surface area contributed by atoms with Crippen molar-refractivity contribution in [1.82, 2.24) is 0 Å². The molecular formula is C18H20ClN3O3S2. The molecule has 0 radical (unpaired) electrons. The van der Waals surface area contributed by atoms with Crippen LogP contribution in [0.5, 0.6) is 0 Å². The predicted molar refractivity (Wildman–Crippen MR) is 110 cm³/mol. The quantitative estimate of drug-likeness (QED) is 0.783. The van der Waals surface area contributed by atoms with Crippen LogP contribution < -0.4 is 15.4 Å². The maximum absolute atomic E-state index is 12.6. The molecule has 9 heteroatoms. The van der Waals surface area contributed by atoms with Crippen molar-refractivity contribution in [2.24, 2.45) is 5.14 Å². The van der Waals surface area contributed by atoms with Crippen molar-refractivity contribution < 1.29 is 13.2 Å². The van der Waals surface area contributed by atoms with Gasteiger partial charge >= 0.3 is 0 Å². The molecule has 0 fully saturated rings. The number of thioether (sulfide) groups is 1. The van der Waals surface area contributed by atoms with E-state index < -0.39 is 10.0 Å². The highest BCUT2D eigenvalue weighted by atomic mass is 35.5. The fraction of sp³-hybridized carbons (Fsp3) is 0.278. The van der Waals surface area contributed by atoms with E-state index in [0.717, 1.165) is 23.5 Å². The van der Waals surface area contributed by atoms with Crippen LogP contribution in [-0.4, -0.2) is 32.7 Å². The Bertz CT molecular complexity index is 966. The van der Waals surface area contributed by atoms with E-state index in [0.29, 0.717) is 16.0 Å². The summed E-state index contributed by atoms with van der Waals surface area (Å²) in [5, 5.41) is 8.93. The number of hydrogen-bond acceptors (Lipinski definition) is 5. The average Bonchev–Trinajstić information content (AvgIpc) is 2.73. The van der Waals surface area contributed by atoms with Gasteiger partial charge in [0.05, 0.1) is 17.1 Å². The van der Waals surface area contributed by atoms with Crippen molar-refractivity contribution in [2.75, 3.05) is 23.3 Å². The van der Waals surface area contributed by atoms with E-state index in [4.69, 9.17) is 16.7 Å². The molecule has 2 aromatic carbocycles. The number of primary sulfonamides is 1. The van der Waals surface area contributed by atoms with Gasteiger partial charge in [-0.1, -0.05) is 24.6 Å². The van der Waals surface area contributed by atoms with Crippen LogP contribution in [0, 0.1) is 0 Å². The molecule has 3 rings (SSSR count). The number of carbonyl (C=O) groups is 1. The number of rotatable bonds is 4. The van der Waals surface area contributed by atoms with E-state index in [1.165, 1.54) is 18.2 Å². The first-order valence-corrected chi connectivity index (χ1v) is 11.2. The Morgan fingerprint density at radius 3 is 2.85 bits per heavy atom. The van der Waals surface area contributed by atoms with Crippen molar-refractivity contribution in [3.05, 3.63) is 47.5 Å². The van der Waals surface area contributed by atoms with E-state index in [1.54, 1.807) is 17.8 Å². The third-order valence-electron chi connectivity index (χ3n) is 4.18. The summed E-state index contributed by atoms with van der Waals surface area (Å²) >= 11 is 7.92. The van der Waals surface area contributed by atoms with Gasteiger partial charge in [-0.05, 0) is 42.8 Å². The maximum atomic E-state index is 12.6. The first-order valence-electron chi connectivity index (χ1n) is 8.36. The number of carbonyl (C=O) groups excluding carboxylic acids is 1. The van der Waals surface area contributed by atoms with Crippen LogP contribution in [0.2, 0.25) is 5.02 Å². The van der Waals surface area contributed by atoms with Crippen molar-refractivity contribution in [2.45, 2.75) is 28.4 Å². The fourth-order valence-corrected chi connectivity index (χ4v) is 4.70. The lowest BCUT2D eigenvalue weighted by Gasteiger charge is -2.24. The Hall–Kier alpha value is -1.74. The minimum atomic E-state index is -3.82. The smallest absolute Gasteiger partial charge is 0.243 e. The Balaban J connectivity index is 1.77. The average molecular weight is 426 g/mol. The number of anilines is 2. The number of sulfonamides is 1.